The fraction of sp³-hybridized carbons (Fsp3) is 0.294. The van der Waals surface area contributed by atoms with Crippen molar-refractivity contribution in [3.05, 3.63) is 112 Å². The van der Waals surface area contributed by atoms with Crippen LogP contribution < -0.4 is 10.2 Å². The van der Waals surface area contributed by atoms with Crippen molar-refractivity contribution in [1.82, 2.24) is 25.3 Å². The molecule has 1 N–H and O–H groups in total. The van der Waals surface area contributed by atoms with Gasteiger partial charge in [-0.3, -0.25) is 0 Å². The van der Waals surface area contributed by atoms with Crippen LogP contribution in [0.1, 0.15) is 24.5 Å². The van der Waals surface area contributed by atoms with Gasteiger partial charge in [0.15, 0.2) is 0 Å². The summed E-state index contributed by atoms with van der Waals surface area (Å²) in [7, 11) is 0. The van der Waals surface area contributed by atoms with E-state index in [1.54, 1.807) is 55.1 Å². The Bertz CT molecular complexity index is 1680. The van der Waals surface area contributed by atoms with Crippen LogP contribution in [-0.2, 0) is 0 Å². The van der Waals surface area contributed by atoms with Gasteiger partial charge in [-0.2, -0.15) is 0 Å². The predicted molar refractivity (Wildman–Crippen MR) is 169 cm³/mol. The van der Waals surface area contributed by atoms with Gasteiger partial charge in [0.2, 0.25) is 11.6 Å². The molecule has 4 aromatic rings. The van der Waals surface area contributed by atoms with Crippen molar-refractivity contribution in [2.75, 3.05) is 31.1 Å². The number of rotatable bonds is 1. The number of piperidine rings is 2. The Morgan fingerprint density at radius 2 is 1.37 bits per heavy atom. The molecule has 4 atom stereocenters. The van der Waals surface area contributed by atoms with Crippen LogP contribution in [-0.4, -0.2) is 46.1 Å². The van der Waals surface area contributed by atoms with Gasteiger partial charge >= 0.3 is 0 Å². The van der Waals surface area contributed by atoms with Crippen molar-refractivity contribution in [2.45, 2.75) is 12.8 Å². The number of anilines is 1. The summed E-state index contributed by atoms with van der Waals surface area (Å²) in [5.74, 6) is 15.0. The molecule has 4 aliphatic rings. The molecule has 0 radical (unpaired) electrons. The van der Waals surface area contributed by atoms with Crippen molar-refractivity contribution >= 4 is 28.3 Å². The lowest BCUT2D eigenvalue weighted by Crippen LogP contribution is -2.24. The van der Waals surface area contributed by atoms with E-state index in [9.17, 15) is 8.78 Å². The second-order valence-electron chi connectivity index (χ2n) is 11.2. The molecule has 8 rings (SSSR count). The van der Waals surface area contributed by atoms with Gasteiger partial charge in [-0.05, 0) is 114 Å². The van der Waals surface area contributed by atoms with Crippen molar-refractivity contribution in [2.24, 2.45) is 22.7 Å². The van der Waals surface area contributed by atoms with E-state index in [0.717, 1.165) is 47.8 Å². The van der Waals surface area contributed by atoms with Gasteiger partial charge in [-0.25, -0.2) is 28.7 Å². The van der Waals surface area contributed by atoms with E-state index in [2.05, 4.69) is 76.4 Å². The lowest BCUT2D eigenvalue weighted by Gasteiger charge is -2.21. The van der Waals surface area contributed by atoms with Crippen LogP contribution in [0, 0.1) is 61.6 Å². The van der Waals surface area contributed by atoms with Crippen molar-refractivity contribution < 1.29 is 8.78 Å². The Labute approximate surface area is 263 Å². The summed E-state index contributed by atoms with van der Waals surface area (Å²) >= 11 is 2.07. The molecule has 2 aromatic heterocycles. The van der Waals surface area contributed by atoms with Crippen LogP contribution in [0.25, 0.3) is 0 Å². The second-order valence-corrected chi connectivity index (χ2v) is 12.4. The number of fused-ring (bicyclic) bond motifs is 2. The van der Waals surface area contributed by atoms with E-state index in [-0.39, 0.29) is 22.5 Å². The number of benzene rings is 2. The summed E-state index contributed by atoms with van der Waals surface area (Å²) in [6, 6.07) is 16.8. The molecule has 2 saturated heterocycles. The average molecular weight is 687 g/mol. The normalized spacial score (nSPS) is 25.1. The third kappa shape index (κ3) is 7.35. The second kappa shape index (κ2) is 12.7. The van der Waals surface area contributed by atoms with E-state index in [0.29, 0.717) is 17.6 Å². The van der Waals surface area contributed by atoms with Gasteiger partial charge < -0.3 is 10.2 Å². The third-order valence-corrected chi connectivity index (χ3v) is 8.82. The molecule has 6 nitrogen and oxygen atoms in total. The molecule has 0 amide bonds. The maximum Gasteiger partial charge on any atom is 0.204 e. The topological polar surface area (TPSA) is 66.8 Å². The van der Waals surface area contributed by atoms with Crippen LogP contribution >= 0.6 is 22.6 Å². The maximum absolute atomic E-state index is 13.3. The van der Waals surface area contributed by atoms with E-state index in [1.165, 1.54) is 24.6 Å². The predicted octanol–water partition coefficient (Wildman–Crippen LogP) is 5.36. The number of aromatic nitrogens is 4. The van der Waals surface area contributed by atoms with Crippen molar-refractivity contribution in [3.8, 4) is 23.7 Å². The SMILES string of the molecule is C(#CC12CNCC1C2)c1ncccn1.Fc1cccc(I)c1.Fc1cccc(N2CC3CC3(C#Cc3ncccn3)C2)c1. The Morgan fingerprint density at radius 1 is 0.767 bits per heavy atom. The summed E-state index contributed by atoms with van der Waals surface area (Å²) in [4.78, 5) is 18.6. The highest BCUT2D eigenvalue weighted by Gasteiger charge is 2.59. The summed E-state index contributed by atoms with van der Waals surface area (Å²) in [5, 5.41) is 3.36. The summed E-state index contributed by atoms with van der Waals surface area (Å²) in [6.07, 6.45) is 9.23. The molecule has 0 spiro atoms. The third-order valence-electron chi connectivity index (χ3n) is 8.15. The highest BCUT2D eigenvalue weighted by Crippen LogP contribution is 2.58. The molecule has 216 valence electrons. The van der Waals surface area contributed by atoms with Gasteiger partial charge in [-0.15, -0.1) is 0 Å². The first-order valence-corrected chi connectivity index (χ1v) is 15.2. The van der Waals surface area contributed by atoms with Crippen LogP contribution in [0.2, 0.25) is 0 Å². The first kappa shape index (κ1) is 29.2. The van der Waals surface area contributed by atoms with Crippen LogP contribution in [0.3, 0.4) is 0 Å². The Morgan fingerprint density at radius 3 is 1.91 bits per heavy atom. The molecule has 2 saturated carbocycles. The quantitative estimate of drug-likeness (QED) is 0.215. The zero-order valence-electron chi connectivity index (χ0n) is 23.4. The van der Waals surface area contributed by atoms with Gasteiger partial charge in [0.1, 0.15) is 11.6 Å². The molecule has 43 heavy (non-hydrogen) atoms. The highest BCUT2D eigenvalue weighted by molar-refractivity contribution is 14.1. The molecular weight excluding hydrogens is 657 g/mol. The molecule has 4 unspecified atom stereocenters. The number of halogens is 3. The zero-order valence-corrected chi connectivity index (χ0v) is 25.5. The molecule has 9 heteroatoms. The number of hydrogen-bond donors (Lipinski definition) is 1. The standard InChI is InChI=1S/C17H14FN3.C11H11N3.C6H4FI/c18-14-3-1-4-15(9-14)21-11-13-10-17(13,12-21)6-5-16-19-7-2-8-20-16;1-4-13-10(14-5-1)2-3-11-6-9(11)7-12-8-11;7-5-2-1-3-6(8)4-5/h1-4,7-9,13H,10-12H2;1,4-5,9,12H,6-8H2;1-4H. The smallest absolute Gasteiger partial charge is 0.204 e. The van der Waals surface area contributed by atoms with Crippen LogP contribution in [0.5, 0.6) is 0 Å². The lowest BCUT2D eigenvalue weighted by molar-refractivity contribution is 0.626. The Hall–Kier alpha value is -3.93. The fourth-order valence-corrected chi connectivity index (χ4v) is 6.13. The van der Waals surface area contributed by atoms with Gasteiger partial charge in [0, 0.05) is 59.1 Å². The number of nitrogens with zero attached hydrogens (tertiary/aromatic N) is 5. The Balaban J connectivity index is 0.000000128. The summed E-state index contributed by atoms with van der Waals surface area (Å²) < 4.78 is 26.4. The largest absolute Gasteiger partial charge is 0.370 e. The molecular formula is C34H29F2IN6. The van der Waals surface area contributed by atoms with E-state index >= 15 is 0 Å². The summed E-state index contributed by atoms with van der Waals surface area (Å²) in [6.45, 7) is 3.98. The van der Waals surface area contributed by atoms with Crippen molar-refractivity contribution in [3.63, 3.8) is 0 Å². The molecule has 2 aromatic carbocycles. The average Bonchev–Trinajstić information content (AvgIpc) is 3.81. The van der Waals surface area contributed by atoms with Crippen LogP contribution in [0.4, 0.5) is 14.5 Å². The number of hydrogen-bond acceptors (Lipinski definition) is 6. The van der Waals surface area contributed by atoms with E-state index in [1.807, 2.05) is 12.1 Å². The zero-order chi connectivity index (χ0) is 29.7. The van der Waals surface area contributed by atoms with E-state index < -0.39 is 0 Å². The Kier molecular flexibility index (Phi) is 8.64. The molecule has 0 bridgehead atoms. The maximum atomic E-state index is 13.3. The minimum Gasteiger partial charge on any atom is -0.370 e. The molecule has 2 aliphatic heterocycles. The first-order chi connectivity index (χ1) is 20.9. The molecule has 2 aliphatic carbocycles. The van der Waals surface area contributed by atoms with Crippen molar-refractivity contribution in [1.29, 1.82) is 0 Å². The summed E-state index contributed by atoms with van der Waals surface area (Å²) in [5.41, 5.74) is 1.25. The molecule has 4 heterocycles. The van der Waals surface area contributed by atoms with Gasteiger partial charge in [0.25, 0.3) is 0 Å². The minimum atomic E-state index is -0.189. The fourth-order valence-electron chi connectivity index (χ4n) is 5.63. The number of nitrogens with one attached hydrogen (secondary N) is 1. The van der Waals surface area contributed by atoms with E-state index in [4.69, 9.17) is 0 Å². The first-order valence-electron chi connectivity index (χ1n) is 14.2. The monoisotopic (exact) mass is 686 g/mol. The molecule has 4 fully saturated rings. The van der Waals surface area contributed by atoms with Crippen LogP contribution in [0.15, 0.2) is 85.5 Å². The minimum absolute atomic E-state index is 0.0471. The van der Waals surface area contributed by atoms with Gasteiger partial charge in [0.05, 0.1) is 5.41 Å². The highest BCUT2D eigenvalue weighted by atomic mass is 127. The van der Waals surface area contributed by atoms with Gasteiger partial charge in [-0.1, -0.05) is 24.0 Å². The lowest BCUT2D eigenvalue weighted by atomic mass is 10.1.